The van der Waals surface area contributed by atoms with Crippen LogP contribution in [0.5, 0.6) is 0 Å². The fraction of sp³-hybridized carbons (Fsp3) is 0.769. The zero-order valence-corrected chi connectivity index (χ0v) is 12.1. The number of amides is 2. The highest BCUT2D eigenvalue weighted by Gasteiger charge is 2.28. The topological polar surface area (TPSA) is 116 Å². The zero-order valence-electron chi connectivity index (χ0n) is 12.1. The first-order valence-corrected chi connectivity index (χ1v) is 7.05. The lowest BCUT2D eigenvalue weighted by atomic mass is 10.1. The third-order valence-electron chi connectivity index (χ3n) is 3.20. The molecule has 0 bridgehead atoms. The van der Waals surface area contributed by atoms with Crippen molar-refractivity contribution >= 4 is 18.0 Å². The Morgan fingerprint density at radius 1 is 1.38 bits per heavy atom. The number of carboxylic acid groups (broad SMARTS) is 2. The van der Waals surface area contributed by atoms with Crippen LogP contribution in [0, 0.1) is 0 Å². The summed E-state index contributed by atoms with van der Waals surface area (Å²) in [5.74, 6) is -2.63. The summed E-state index contributed by atoms with van der Waals surface area (Å²) >= 11 is 0. The maximum absolute atomic E-state index is 12.0. The van der Waals surface area contributed by atoms with Gasteiger partial charge in [-0.2, -0.15) is 0 Å². The molecule has 2 unspecified atom stereocenters. The lowest BCUT2D eigenvalue weighted by Crippen LogP contribution is -2.52. The molecule has 1 rings (SSSR count). The minimum Gasteiger partial charge on any atom is -0.481 e. The third-order valence-corrected chi connectivity index (χ3v) is 3.20. The number of piperidine rings is 1. The summed E-state index contributed by atoms with van der Waals surface area (Å²) in [5.41, 5.74) is 0. The van der Waals surface area contributed by atoms with E-state index in [0.717, 1.165) is 19.3 Å². The van der Waals surface area contributed by atoms with Gasteiger partial charge in [-0.15, -0.1) is 0 Å². The van der Waals surface area contributed by atoms with Gasteiger partial charge < -0.3 is 25.2 Å². The number of hydrogen-bond donors (Lipinski definition) is 3. The van der Waals surface area contributed by atoms with Crippen molar-refractivity contribution in [3.63, 3.8) is 0 Å². The fourth-order valence-corrected chi connectivity index (χ4v) is 2.16. The van der Waals surface area contributed by atoms with Crippen LogP contribution >= 0.6 is 0 Å². The molecule has 0 aromatic rings. The molecule has 21 heavy (non-hydrogen) atoms. The van der Waals surface area contributed by atoms with Gasteiger partial charge in [-0.3, -0.25) is 4.79 Å². The highest BCUT2D eigenvalue weighted by Crippen LogP contribution is 2.14. The van der Waals surface area contributed by atoms with E-state index in [2.05, 4.69) is 5.32 Å². The molecular weight excluding hydrogens is 280 g/mol. The molecule has 0 aromatic heterocycles. The number of carbonyl (C=O) groups excluding carboxylic acids is 1. The smallest absolute Gasteiger partial charge is 0.326 e. The van der Waals surface area contributed by atoms with Crippen LogP contribution in [0.4, 0.5) is 4.79 Å². The van der Waals surface area contributed by atoms with Crippen LogP contribution in [-0.2, 0) is 14.3 Å². The lowest BCUT2D eigenvalue weighted by Gasteiger charge is -2.33. The first-order valence-electron chi connectivity index (χ1n) is 7.05. The fourth-order valence-electron chi connectivity index (χ4n) is 2.16. The van der Waals surface area contributed by atoms with E-state index >= 15 is 0 Å². The molecule has 0 spiro atoms. The number of rotatable bonds is 7. The van der Waals surface area contributed by atoms with Gasteiger partial charge in [-0.05, 0) is 19.3 Å². The molecule has 2 amide bonds. The van der Waals surface area contributed by atoms with Crippen molar-refractivity contribution in [2.45, 2.75) is 44.8 Å². The minimum absolute atomic E-state index is 0.0489. The number of urea groups is 1. The summed E-state index contributed by atoms with van der Waals surface area (Å²) in [6.07, 6.45) is 1.83. The van der Waals surface area contributed by atoms with Crippen LogP contribution in [0.3, 0.4) is 0 Å². The summed E-state index contributed by atoms with van der Waals surface area (Å²) in [4.78, 5) is 35.0. The van der Waals surface area contributed by atoms with Crippen LogP contribution in [0.2, 0.25) is 0 Å². The maximum Gasteiger partial charge on any atom is 0.326 e. The van der Waals surface area contributed by atoms with Gasteiger partial charge in [-0.1, -0.05) is 6.92 Å². The van der Waals surface area contributed by atoms with E-state index in [1.807, 2.05) is 6.92 Å². The number of likely N-dealkylation sites (tertiary alicyclic amines) is 1. The molecule has 0 saturated carbocycles. The third kappa shape index (κ3) is 5.99. The van der Waals surface area contributed by atoms with Crippen LogP contribution < -0.4 is 5.32 Å². The molecule has 8 nitrogen and oxygen atoms in total. The van der Waals surface area contributed by atoms with Crippen molar-refractivity contribution in [2.24, 2.45) is 0 Å². The highest BCUT2D eigenvalue weighted by molar-refractivity contribution is 5.86. The molecule has 120 valence electrons. The molecule has 1 aliphatic heterocycles. The van der Waals surface area contributed by atoms with Crippen LogP contribution in [0.1, 0.15) is 32.6 Å². The van der Waals surface area contributed by atoms with Crippen LogP contribution in [0.25, 0.3) is 0 Å². The number of hydrogen-bond acceptors (Lipinski definition) is 4. The predicted octanol–water partition coefficient (Wildman–Crippen LogP) is 0.515. The van der Waals surface area contributed by atoms with Crippen LogP contribution in [0.15, 0.2) is 0 Å². The Labute approximate surface area is 123 Å². The first kappa shape index (κ1) is 17.2. The Morgan fingerprint density at radius 3 is 2.67 bits per heavy atom. The summed E-state index contributed by atoms with van der Waals surface area (Å²) in [6.45, 7) is 3.52. The average Bonchev–Trinajstić information content (AvgIpc) is 2.44. The van der Waals surface area contributed by atoms with Gasteiger partial charge >= 0.3 is 18.0 Å². The van der Waals surface area contributed by atoms with Gasteiger partial charge in [0.1, 0.15) is 6.04 Å². The van der Waals surface area contributed by atoms with Crippen molar-refractivity contribution in [3.05, 3.63) is 0 Å². The average molecular weight is 302 g/mol. The number of nitrogens with one attached hydrogen (secondary N) is 1. The van der Waals surface area contributed by atoms with Crippen molar-refractivity contribution in [1.82, 2.24) is 10.2 Å². The van der Waals surface area contributed by atoms with Gasteiger partial charge in [0.25, 0.3) is 0 Å². The molecule has 1 aliphatic rings. The number of ether oxygens (including phenoxy) is 1. The van der Waals surface area contributed by atoms with Crippen molar-refractivity contribution in [3.8, 4) is 0 Å². The van der Waals surface area contributed by atoms with E-state index in [1.54, 1.807) is 0 Å². The second-order valence-corrected chi connectivity index (χ2v) is 5.02. The Bertz CT molecular complexity index is 387. The Balaban J connectivity index is 2.52. The maximum atomic E-state index is 12.0. The van der Waals surface area contributed by atoms with Gasteiger partial charge in [0.05, 0.1) is 12.5 Å². The first-order chi connectivity index (χ1) is 9.93. The Morgan fingerprint density at radius 2 is 2.10 bits per heavy atom. The highest BCUT2D eigenvalue weighted by atomic mass is 16.5. The largest absolute Gasteiger partial charge is 0.481 e. The number of carboxylic acids is 2. The van der Waals surface area contributed by atoms with E-state index in [9.17, 15) is 14.4 Å². The SMILES string of the molecule is CCCOC1CCCN(C(=O)NC(CC(=O)O)C(=O)O)C1. The van der Waals surface area contributed by atoms with E-state index < -0.39 is 30.4 Å². The molecule has 0 radical (unpaired) electrons. The number of nitrogens with zero attached hydrogens (tertiary/aromatic N) is 1. The molecule has 1 heterocycles. The Kier molecular flexibility index (Phi) is 6.93. The molecular formula is C13H22N2O6. The lowest BCUT2D eigenvalue weighted by molar-refractivity contribution is -0.145. The molecule has 2 atom stereocenters. The summed E-state index contributed by atoms with van der Waals surface area (Å²) in [5, 5.41) is 19.8. The standard InChI is InChI=1S/C13H22N2O6/c1-2-6-21-9-4-3-5-15(8-9)13(20)14-10(12(18)19)7-11(16)17/h9-10H,2-8H2,1H3,(H,14,20)(H,16,17)(H,18,19). The van der Waals surface area contributed by atoms with E-state index in [-0.39, 0.29) is 6.10 Å². The van der Waals surface area contributed by atoms with Crippen LogP contribution in [-0.4, -0.2) is 64.9 Å². The quantitative estimate of drug-likeness (QED) is 0.631. The molecule has 8 heteroatoms. The molecule has 0 aliphatic carbocycles. The zero-order chi connectivity index (χ0) is 15.8. The minimum atomic E-state index is -1.42. The molecule has 1 saturated heterocycles. The number of carbonyl (C=O) groups is 3. The van der Waals surface area contributed by atoms with Gasteiger partial charge in [0.2, 0.25) is 0 Å². The van der Waals surface area contributed by atoms with Gasteiger partial charge in [-0.25, -0.2) is 9.59 Å². The molecule has 1 fully saturated rings. The Hall–Kier alpha value is -1.83. The second kappa shape index (κ2) is 8.46. The molecule has 0 aromatic carbocycles. The van der Waals surface area contributed by atoms with Crippen molar-refractivity contribution in [1.29, 1.82) is 0 Å². The summed E-state index contributed by atoms with van der Waals surface area (Å²) < 4.78 is 5.60. The van der Waals surface area contributed by atoms with Crippen molar-refractivity contribution in [2.75, 3.05) is 19.7 Å². The second-order valence-electron chi connectivity index (χ2n) is 5.02. The van der Waals surface area contributed by atoms with Gasteiger partial charge in [0, 0.05) is 19.7 Å². The van der Waals surface area contributed by atoms with Gasteiger partial charge in [0.15, 0.2) is 0 Å². The predicted molar refractivity (Wildman–Crippen MR) is 73.0 cm³/mol. The number of aliphatic carboxylic acids is 2. The van der Waals surface area contributed by atoms with E-state index in [4.69, 9.17) is 14.9 Å². The summed E-state index contributed by atoms with van der Waals surface area (Å²) in [6, 6.07) is -1.99. The van der Waals surface area contributed by atoms with E-state index in [0.29, 0.717) is 19.7 Å². The van der Waals surface area contributed by atoms with Crippen molar-refractivity contribution < 1.29 is 29.3 Å². The molecule has 3 N–H and O–H groups in total. The normalized spacial score (nSPS) is 19.9. The van der Waals surface area contributed by atoms with E-state index in [1.165, 1.54) is 4.90 Å². The monoisotopic (exact) mass is 302 g/mol. The summed E-state index contributed by atoms with van der Waals surface area (Å²) in [7, 11) is 0.